The lowest BCUT2D eigenvalue weighted by Crippen LogP contribution is -2.62. The highest BCUT2D eigenvalue weighted by Crippen LogP contribution is 2.74. The van der Waals surface area contributed by atoms with Crippen molar-refractivity contribution in [3.8, 4) is 10.8 Å². The molecular weight excluding hydrogens is 684 g/mol. The number of rotatable bonds is 7. The fourth-order valence-electron chi connectivity index (χ4n) is 11.9. The average Bonchev–Trinajstić information content (AvgIpc) is 3.66. The van der Waals surface area contributed by atoms with Crippen molar-refractivity contribution in [3.05, 3.63) is 33.6 Å². The first-order valence-electron chi connectivity index (χ1n) is 18.9. The van der Waals surface area contributed by atoms with Gasteiger partial charge in [-0.25, -0.2) is 9.97 Å². The van der Waals surface area contributed by atoms with Crippen LogP contribution in [0, 0.1) is 51.2 Å². The van der Waals surface area contributed by atoms with E-state index in [0.717, 1.165) is 61.9 Å². The highest BCUT2D eigenvalue weighted by atomic mass is 35.5. The minimum Gasteiger partial charge on any atom is -0.481 e. The molecule has 0 amide bonds. The van der Waals surface area contributed by atoms with E-state index >= 15 is 0 Å². The zero-order valence-corrected chi connectivity index (χ0v) is 32.9. The number of hydrogen-bond acceptors (Lipinski definition) is 9. The largest absolute Gasteiger partial charge is 0.481 e. The van der Waals surface area contributed by atoms with Crippen LogP contribution >= 0.6 is 22.9 Å². The number of esters is 1. The second-order valence-electron chi connectivity index (χ2n) is 18.4. The molecule has 8 atom stereocenters. The smallest absolute Gasteiger partial charge is 0.309 e. The quantitative estimate of drug-likeness (QED) is 0.277. The number of halogens is 1. The van der Waals surface area contributed by atoms with Gasteiger partial charge in [0.05, 0.1) is 22.3 Å². The van der Waals surface area contributed by atoms with Gasteiger partial charge in [0.25, 0.3) is 0 Å². The summed E-state index contributed by atoms with van der Waals surface area (Å²) in [6.07, 6.45) is 11.3. The van der Waals surface area contributed by atoms with Crippen LogP contribution in [0.3, 0.4) is 0 Å². The molecule has 7 rings (SSSR count). The SMILES string of the molecule is CC(C)C1=C2C3CCC4C5CCC(OC(=O)CC(C)(C)C(=O)O)C(C)(C)C5CCC4(C)C3(C)CCC2(c2nnc(-c3ncc(Cl)cn3)s2)CC1=O. The first kappa shape index (κ1) is 36.6. The van der Waals surface area contributed by atoms with Crippen LogP contribution in [0.5, 0.6) is 0 Å². The summed E-state index contributed by atoms with van der Waals surface area (Å²) in [6.45, 7) is 17.1. The maximum Gasteiger partial charge on any atom is 0.309 e. The van der Waals surface area contributed by atoms with Crippen LogP contribution in [-0.2, 0) is 24.5 Å². The molecule has 5 aliphatic carbocycles. The summed E-state index contributed by atoms with van der Waals surface area (Å²) < 4.78 is 6.12. The maximum atomic E-state index is 14.1. The normalized spacial score (nSPS) is 35.9. The number of aliphatic carboxylic acids is 1. The number of carboxylic acid groups (broad SMARTS) is 1. The second kappa shape index (κ2) is 12.4. The predicted octanol–water partition coefficient (Wildman–Crippen LogP) is 8.90. The first-order valence-corrected chi connectivity index (χ1v) is 20.1. The van der Waals surface area contributed by atoms with Gasteiger partial charge in [0.15, 0.2) is 16.6 Å². The van der Waals surface area contributed by atoms with Gasteiger partial charge in [-0.1, -0.05) is 64.5 Å². The predicted molar refractivity (Wildman–Crippen MR) is 196 cm³/mol. The molecular formula is C40H53ClN4O5S. The number of ketones is 1. The number of Topliss-reactive ketones (excluding diaryl/α,β-unsaturated/α-hetero) is 1. The second-order valence-corrected chi connectivity index (χ2v) is 19.8. The Morgan fingerprint density at radius 3 is 2.35 bits per heavy atom. The van der Waals surface area contributed by atoms with Gasteiger partial charge in [0.2, 0.25) is 0 Å². The van der Waals surface area contributed by atoms with E-state index in [-0.39, 0.29) is 46.4 Å². The molecule has 0 radical (unpaired) electrons. The van der Waals surface area contributed by atoms with Crippen LogP contribution in [0.1, 0.15) is 125 Å². The molecule has 0 spiro atoms. The Labute approximate surface area is 310 Å². The molecule has 8 unspecified atom stereocenters. The number of nitrogens with zero attached hydrogens (tertiary/aromatic N) is 4. The van der Waals surface area contributed by atoms with Crippen molar-refractivity contribution in [1.29, 1.82) is 0 Å². The number of carbonyl (C=O) groups excluding carboxylic acids is 2. The van der Waals surface area contributed by atoms with Crippen molar-refractivity contribution >= 4 is 40.7 Å². The van der Waals surface area contributed by atoms with E-state index in [0.29, 0.717) is 40.0 Å². The monoisotopic (exact) mass is 736 g/mol. The molecule has 4 saturated carbocycles. The van der Waals surface area contributed by atoms with Crippen LogP contribution in [0.4, 0.5) is 0 Å². The highest BCUT2D eigenvalue weighted by molar-refractivity contribution is 7.14. The standard InChI is InChI=1S/C40H53ClN4O5S/c1-21(2)30-27(46)17-40(34-45-44-33(51-34)32-42-19-22(41)20-43-32)16-15-39(8)26(31(30)40)11-10-25-23-9-12-28(50-29(47)18-36(3,4)35(48)49)37(5,6)24(23)13-14-38(25,39)7/h19-21,23-26,28H,9-18H2,1-8H3,(H,48,49). The van der Waals surface area contributed by atoms with E-state index in [1.54, 1.807) is 26.2 Å². The van der Waals surface area contributed by atoms with E-state index in [1.165, 1.54) is 16.9 Å². The van der Waals surface area contributed by atoms with Gasteiger partial charge in [-0.3, -0.25) is 14.4 Å². The molecule has 0 saturated heterocycles. The number of hydrogen-bond donors (Lipinski definition) is 1. The number of carboxylic acids is 1. The zero-order chi connectivity index (χ0) is 36.9. The van der Waals surface area contributed by atoms with Crippen LogP contribution in [-0.4, -0.2) is 49.1 Å². The third-order valence-electron chi connectivity index (χ3n) is 14.9. The molecule has 1 N–H and O–H groups in total. The van der Waals surface area contributed by atoms with Gasteiger partial charge in [0.1, 0.15) is 11.1 Å². The molecule has 51 heavy (non-hydrogen) atoms. The van der Waals surface area contributed by atoms with Crippen molar-refractivity contribution in [3.63, 3.8) is 0 Å². The van der Waals surface area contributed by atoms with Gasteiger partial charge in [0, 0.05) is 24.2 Å². The summed E-state index contributed by atoms with van der Waals surface area (Å²) in [5.41, 5.74) is 0.679. The van der Waals surface area contributed by atoms with Crippen molar-refractivity contribution in [1.82, 2.24) is 20.2 Å². The third-order valence-corrected chi connectivity index (χ3v) is 16.2. The Hall–Kier alpha value is -2.72. The van der Waals surface area contributed by atoms with Crippen molar-refractivity contribution in [2.45, 2.75) is 131 Å². The topological polar surface area (TPSA) is 132 Å². The lowest BCUT2D eigenvalue weighted by atomic mass is 9.36. The Balaban J connectivity index is 1.18. The maximum absolute atomic E-state index is 14.1. The van der Waals surface area contributed by atoms with Gasteiger partial charge in [-0.15, -0.1) is 10.2 Å². The molecule has 276 valence electrons. The summed E-state index contributed by atoms with van der Waals surface area (Å²) in [6, 6.07) is 0. The van der Waals surface area contributed by atoms with E-state index in [1.807, 2.05) is 0 Å². The van der Waals surface area contributed by atoms with Gasteiger partial charge in [-0.05, 0) is 117 Å². The molecule has 9 nitrogen and oxygen atoms in total. The minimum atomic E-state index is -1.16. The molecule has 2 aromatic heterocycles. The summed E-state index contributed by atoms with van der Waals surface area (Å²) in [7, 11) is 0. The number of fused-ring (bicyclic) bond motifs is 7. The lowest BCUT2D eigenvalue weighted by molar-refractivity contribution is -0.200. The summed E-state index contributed by atoms with van der Waals surface area (Å²) in [5, 5.41) is 21.0. The Kier molecular flexibility index (Phi) is 8.92. The number of aromatic nitrogens is 4. The van der Waals surface area contributed by atoms with Crippen molar-refractivity contribution < 1.29 is 24.2 Å². The van der Waals surface area contributed by atoms with E-state index in [4.69, 9.17) is 21.4 Å². The van der Waals surface area contributed by atoms with Crippen LogP contribution in [0.2, 0.25) is 5.02 Å². The fourth-order valence-corrected chi connectivity index (χ4v) is 13.0. The summed E-state index contributed by atoms with van der Waals surface area (Å²) in [5.74, 6) is 1.27. The lowest BCUT2D eigenvalue weighted by Gasteiger charge is -2.69. The third kappa shape index (κ3) is 5.54. The average molecular weight is 737 g/mol. The molecule has 11 heteroatoms. The minimum absolute atomic E-state index is 0.0210. The summed E-state index contributed by atoms with van der Waals surface area (Å²) in [4.78, 5) is 47.6. The summed E-state index contributed by atoms with van der Waals surface area (Å²) >= 11 is 7.59. The Bertz CT molecular complexity index is 1790. The Morgan fingerprint density at radius 1 is 0.980 bits per heavy atom. The van der Waals surface area contributed by atoms with Crippen LogP contribution in [0.25, 0.3) is 10.8 Å². The van der Waals surface area contributed by atoms with Gasteiger partial charge in [-0.2, -0.15) is 0 Å². The van der Waals surface area contributed by atoms with E-state index < -0.39 is 22.8 Å². The van der Waals surface area contributed by atoms with Gasteiger partial charge >= 0.3 is 11.9 Å². The molecule has 4 fully saturated rings. The number of ether oxygens (including phenoxy) is 1. The Morgan fingerprint density at radius 2 is 1.69 bits per heavy atom. The van der Waals surface area contributed by atoms with Crippen LogP contribution < -0.4 is 0 Å². The zero-order valence-electron chi connectivity index (χ0n) is 31.3. The van der Waals surface area contributed by atoms with Gasteiger partial charge < -0.3 is 9.84 Å². The molecule has 5 aliphatic rings. The first-order chi connectivity index (χ1) is 23.9. The number of allylic oxidation sites excluding steroid dienone is 2. The molecule has 0 aromatic carbocycles. The highest BCUT2D eigenvalue weighted by Gasteiger charge is 2.68. The number of carbonyl (C=O) groups is 3. The van der Waals surface area contributed by atoms with Crippen molar-refractivity contribution in [2.24, 2.45) is 51.2 Å². The molecule has 2 aromatic rings. The van der Waals surface area contributed by atoms with E-state index in [2.05, 4.69) is 56.6 Å². The van der Waals surface area contributed by atoms with Crippen LogP contribution in [0.15, 0.2) is 23.5 Å². The van der Waals surface area contributed by atoms with Crippen molar-refractivity contribution in [2.75, 3.05) is 0 Å². The molecule has 0 bridgehead atoms. The fraction of sp³-hybridized carbons (Fsp3) is 0.725. The molecule has 0 aliphatic heterocycles. The molecule has 2 heterocycles. The van der Waals surface area contributed by atoms with E-state index in [9.17, 15) is 19.5 Å².